The highest BCUT2D eigenvalue weighted by atomic mass is 16.6. The minimum atomic E-state index is -1.00. The Bertz CT molecular complexity index is 1250. The fourth-order valence-corrected chi connectivity index (χ4v) is 5.01. The highest BCUT2D eigenvalue weighted by Crippen LogP contribution is 2.42. The Labute approximate surface area is 211 Å². The van der Waals surface area contributed by atoms with Crippen LogP contribution < -0.4 is 5.56 Å². The van der Waals surface area contributed by atoms with Crippen molar-refractivity contribution in [1.29, 1.82) is 0 Å². The number of cyclic esters (lactones) is 1. The lowest BCUT2D eigenvalue weighted by Crippen LogP contribution is -2.51. The number of amides is 1. The predicted octanol–water partition coefficient (Wildman–Crippen LogP) is 4.47. The van der Waals surface area contributed by atoms with Crippen LogP contribution in [0.4, 0.5) is 4.79 Å². The van der Waals surface area contributed by atoms with Crippen molar-refractivity contribution in [3.05, 3.63) is 94.4 Å². The van der Waals surface area contributed by atoms with Crippen LogP contribution in [-0.2, 0) is 16.9 Å². The molecule has 1 saturated heterocycles. The van der Waals surface area contributed by atoms with Crippen LogP contribution in [0.15, 0.2) is 77.7 Å². The third-order valence-corrected chi connectivity index (χ3v) is 6.81. The third-order valence-electron chi connectivity index (χ3n) is 6.81. The first-order valence-electron chi connectivity index (χ1n) is 12.3. The quantitative estimate of drug-likeness (QED) is 0.486. The number of rotatable bonds is 8. The molecule has 0 aliphatic carbocycles. The average Bonchev–Trinajstić information content (AvgIpc) is 2.85. The second kappa shape index (κ2) is 10.3. The maximum atomic E-state index is 13.3. The van der Waals surface area contributed by atoms with Gasteiger partial charge >= 0.3 is 6.09 Å². The normalized spacial score (nSPS) is 19.1. The molecule has 0 saturated carbocycles. The first kappa shape index (κ1) is 25.7. The monoisotopic (exact) mass is 490 g/mol. The molecule has 1 fully saturated rings. The van der Waals surface area contributed by atoms with Crippen LogP contribution in [0, 0.1) is 0 Å². The first-order chi connectivity index (χ1) is 17.1. The van der Waals surface area contributed by atoms with E-state index in [1.54, 1.807) is 31.0 Å². The van der Waals surface area contributed by atoms with Gasteiger partial charge in [-0.1, -0.05) is 54.6 Å². The molecule has 2 unspecified atom stereocenters. The lowest BCUT2D eigenvalue weighted by molar-refractivity contribution is -0.101. The number of carbonyl (C=O) groups is 1. The number of aromatic nitrogens is 1. The van der Waals surface area contributed by atoms with E-state index in [1.807, 2.05) is 61.5 Å². The SMILES string of the molecule is CC(c1ccc(-c2ccc(=O)n(CCO)c2)cc1)N1CCC(CC(C)(C)O)(c2ccccc2)OC1=O. The summed E-state index contributed by atoms with van der Waals surface area (Å²) in [6, 6.07) is 20.6. The molecule has 0 radical (unpaired) electrons. The van der Waals surface area contributed by atoms with Crippen molar-refractivity contribution in [2.75, 3.05) is 13.2 Å². The van der Waals surface area contributed by atoms with Crippen LogP contribution in [0.25, 0.3) is 11.1 Å². The topological polar surface area (TPSA) is 92.0 Å². The van der Waals surface area contributed by atoms with Crippen molar-refractivity contribution in [3.8, 4) is 11.1 Å². The summed E-state index contributed by atoms with van der Waals surface area (Å²) in [5.41, 5.74) is 1.63. The Hall–Kier alpha value is -3.42. The molecule has 3 aromatic rings. The Balaban J connectivity index is 1.53. The molecule has 2 heterocycles. The number of carbonyl (C=O) groups excluding carboxylic acids is 1. The van der Waals surface area contributed by atoms with E-state index < -0.39 is 17.3 Å². The second-order valence-electron chi connectivity index (χ2n) is 10.1. The summed E-state index contributed by atoms with van der Waals surface area (Å²) in [5.74, 6) is 0. The van der Waals surface area contributed by atoms with Gasteiger partial charge in [-0.25, -0.2) is 4.79 Å². The minimum Gasteiger partial charge on any atom is -0.438 e. The van der Waals surface area contributed by atoms with Gasteiger partial charge in [0.15, 0.2) is 0 Å². The summed E-state index contributed by atoms with van der Waals surface area (Å²) < 4.78 is 7.59. The van der Waals surface area contributed by atoms with E-state index in [-0.39, 0.29) is 24.8 Å². The highest BCUT2D eigenvalue weighted by molar-refractivity contribution is 5.70. The molecule has 0 spiro atoms. The molecule has 190 valence electrons. The van der Waals surface area contributed by atoms with E-state index in [0.717, 1.165) is 22.3 Å². The van der Waals surface area contributed by atoms with E-state index in [4.69, 9.17) is 4.74 Å². The lowest BCUT2D eigenvalue weighted by atomic mass is 9.80. The summed E-state index contributed by atoms with van der Waals surface area (Å²) in [7, 11) is 0. The zero-order valence-electron chi connectivity index (χ0n) is 21.1. The highest BCUT2D eigenvalue weighted by Gasteiger charge is 2.46. The molecule has 1 aromatic heterocycles. The molecule has 2 N–H and O–H groups in total. The van der Waals surface area contributed by atoms with E-state index >= 15 is 0 Å². The van der Waals surface area contributed by atoms with Gasteiger partial charge in [-0.15, -0.1) is 0 Å². The van der Waals surface area contributed by atoms with Gasteiger partial charge in [-0.05, 0) is 49.1 Å². The van der Waals surface area contributed by atoms with E-state index in [0.29, 0.717) is 19.4 Å². The van der Waals surface area contributed by atoms with E-state index in [9.17, 15) is 19.8 Å². The van der Waals surface area contributed by atoms with Crippen LogP contribution in [0.3, 0.4) is 0 Å². The second-order valence-corrected chi connectivity index (χ2v) is 10.1. The maximum Gasteiger partial charge on any atom is 0.411 e. The van der Waals surface area contributed by atoms with Gasteiger partial charge < -0.3 is 24.4 Å². The first-order valence-corrected chi connectivity index (χ1v) is 12.3. The van der Waals surface area contributed by atoms with Crippen molar-refractivity contribution < 1.29 is 19.7 Å². The van der Waals surface area contributed by atoms with Crippen molar-refractivity contribution in [3.63, 3.8) is 0 Å². The molecule has 4 rings (SSSR count). The van der Waals surface area contributed by atoms with Gasteiger partial charge in [0, 0.05) is 38.2 Å². The van der Waals surface area contributed by atoms with E-state index in [1.165, 1.54) is 10.6 Å². The van der Waals surface area contributed by atoms with Crippen LogP contribution in [-0.4, -0.2) is 44.5 Å². The van der Waals surface area contributed by atoms with Crippen molar-refractivity contribution >= 4 is 6.09 Å². The maximum absolute atomic E-state index is 13.3. The van der Waals surface area contributed by atoms with Crippen LogP contribution >= 0.6 is 0 Å². The molecule has 2 aromatic carbocycles. The van der Waals surface area contributed by atoms with Crippen LogP contribution in [0.2, 0.25) is 0 Å². The van der Waals surface area contributed by atoms with Gasteiger partial charge in [0.1, 0.15) is 5.60 Å². The third kappa shape index (κ3) is 5.53. The van der Waals surface area contributed by atoms with Crippen molar-refractivity contribution in [2.24, 2.45) is 0 Å². The number of pyridine rings is 1. The lowest BCUT2D eigenvalue weighted by Gasteiger charge is -2.45. The van der Waals surface area contributed by atoms with Gasteiger partial charge in [-0.3, -0.25) is 4.79 Å². The Kier molecular flexibility index (Phi) is 7.33. The molecular weight excluding hydrogens is 456 g/mol. The Morgan fingerprint density at radius 3 is 2.28 bits per heavy atom. The van der Waals surface area contributed by atoms with Gasteiger partial charge in [-0.2, -0.15) is 0 Å². The molecule has 2 atom stereocenters. The summed E-state index contributed by atoms with van der Waals surface area (Å²) >= 11 is 0. The summed E-state index contributed by atoms with van der Waals surface area (Å²) in [6.45, 7) is 6.09. The molecule has 1 amide bonds. The fourth-order valence-electron chi connectivity index (χ4n) is 5.01. The number of aliphatic hydroxyl groups excluding tert-OH is 1. The fraction of sp³-hybridized carbons (Fsp3) is 0.379. The Morgan fingerprint density at radius 1 is 1.00 bits per heavy atom. The summed E-state index contributed by atoms with van der Waals surface area (Å²) in [4.78, 5) is 26.9. The number of nitrogens with zero attached hydrogens (tertiary/aromatic N) is 2. The van der Waals surface area contributed by atoms with Crippen molar-refractivity contribution in [2.45, 2.75) is 57.4 Å². The predicted molar refractivity (Wildman–Crippen MR) is 138 cm³/mol. The minimum absolute atomic E-state index is 0.104. The molecule has 1 aliphatic heterocycles. The number of aliphatic hydroxyl groups is 2. The van der Waals surface area contributed by atoms with Gasteiger partial charge in [0.05, 0.1) is 18.2 Å². The van der Waals surface area contributed by atoms with Crippen LogP contribution in [0.1, 0.15) is 50.8 Å². The molecule has 7 heteroatoms. The standard InChI is InChI=1S/C29H34N2O5/c1-21(22-9-11-23(12-10-22)24-13-14-26(33)30(19-24)17-18-32)31-16-15-29(36-27(31)34,20-28(2,3)35)25-7-5-4-6-8-25/h4-14,19,21,32,35H,15-18,20H2,1-3H3. The zero-order valence-corrected chi connectivity index (χ0v) is 21.1. The number of hydrogen-bond acceptors (Lipinski definition) is 5. The van der Waals surface area contributed by atoms with Crippen molar-refractivity contribution in [1.82, 2.24) is 9.47 Å². The molecule has 0 bridgehead atoms. The molecule has 7 nitrogen and oxygen atoms in total. The van der Waals surface area contributed by atoms with E-state index in [2.05, 4.69) is 0 Å². The smallest absolute Gasteiger partial charge is 0.411 e. The number of benzene rings is 2. The zero-order chi connectivity index (χ0) is 25.9. The average molecular weight is 491 g/mol. The van der Waals surface area contributed by atoms with Gasteiger partial charge in [0.25, 0.3) is 5.56 Å². The number of ether oxygens (including phenoxy) is 1. The summed E-state index contributed by atoms with van der Waals surface area (Å²) in [6.07, 6.45) is 2.22. The summed E-state index contributed by atoms with van der Waals surface area (Å²) in [5, 5.41) is 19.8. The molecular formula is C29H34N2O5. The van der Waals surface area contributed by atoms with Gasteiger partial charge in [0.2, 0.25) is 0 Å². The Morgan fingerprint density at radius 2 is 1.67 bits per heavy atom. The molecule has 1 aliphatic rings. The molecule has 36 heavy (non-hydrogen) atoms. The number of hydrogen-bond donors (Lipinski definition) is 2. The largest absolute Gasteiger partial charge is 0.438 e. The van der Waals surface area contributed by atoms with Crippen LogP contribution in [0.5, 0.6) is 0 Å².